The molecule has 0 saturated heterocycles. The molecule has 10 aromatic rings. The van der Waals surface area contributed by atoms with Crippen molar-refractivity contribution >= 4 is 70.1 Å². The summed E-state index contributed by atoms with van der Waals surface area (Å²) < 4.78 is 2.61. The number of fused-ring (bicyclic) bond motifs is 5. The molecule has 1 aromatic heterocycles. The molecule has 0 amide bonds. The first-order valence-corrected chi connectivity index (χ1v) is 18.6. The van der Waals surface area contributed by atoms with Gasteiger partial charge in [0, 0.05) is 37.2 Å². The fourth-order valence-corrected chi connectivity index (χ4v) is 8.68. The third-order valence-electron chi connectivity index (χ3n) is 10.2. The van der Waals surface area contributed by atoms with Gasteiger partial charge in [0.25, 0.3) is 0 Å². The Morgan fingerprint density at radius 3 is 1.40 bits per heavy atom. The Kier molecular flexibility index (Phi) is 7.41. The summed E-state index contributed by atoms with van der Waals surface area (Å²) in [5.41, 5.74) is 10.7. The van der Waals surface area contributed by atoms with Crippen LogP contribution in [0.1, 0.15) is 0 Å². The van der Waals surface area contributed by atoms with Crippen molar-refractivity contribution in [2.24, 2.45) is 0 Å². The summed E-state index contributed by atoms with van der Waals surface area (Å²) in [7, 11) is 0. The molecule has 10 rings (SSSR count). The number of hydrogen-bond acceptors (Lipinski definition) is 2. The van der Waals surface area contributed by atoms with Gasteiger partial charge < -0.3 is 4.90 Å². The third-order valence-corrected chi connectivity index (χ3v) is 11.3. The van der Waals surface area contributed by atoms with Crippen LogP contribution in [0.5, 0.6) is 0 Å². The molecular formula is C50H33NS. The topological polar surface area (TPSA) is 3.24 Å². The molecule has 0 spiro atoms. The van der Waals surface area contributed by atoms with Crippen LogP contribution < -0.4 is 4.90 Å². The van der Waals surface area contributed by atoms with Crippen LogP contribution in [-0.2, 0) is 0 Å². The number of nitrogens with zero attached hydrogens (tertiary/aromatic N) is 1. The van der Waals surface area contributed by atoms with Crippen LogP contribution in [0.4, 0.5) is 17.1 Å². The van der Waals surface area contributed by atoms with Gasteiger partial charge in [-0.1, -0.05) is 140 Å². The minimum atomic E-state index is 1.13. The van der Waals surface area contributed by atoms with Crippen molar-refractivity contribution in [1.29, 1.82) is 0 Å². The summed E-state index contributed by atoms with van der Waals surface area (Å²) in [5, 5.41) is 7.55. The van der Waals surface area contributed by atoms with Gasteiger partial charge in [0.2, 0.25) is 0 Å². The summed E-state index contributed by atoms with van der Waals surface area (Å²) in [6.07, 6.45) is 0. The lowest BCUT2D eigenvalue weighted by Gasteiger charge is -2.26. The van der Waals surface area contributed by atoms with E-state index in [9.17, 15) is 0 Å². The molecule has 0 aliphatic rings. The molecule has 0 bridgehead atoms. The summed E-state index contributed by atoms with van der Waals surface area (Å²) >= 11 is 1.86. The lowest BCUT2D eigenvalue weighted by Crippen LogP contribution is -2.10. The summed E-state index contributed by atoms with van der Waals surface area (Å²) in [6, 6.07) is 73.0. The van der Waals surface area contributed by atoms with E-state index in [1.54, 1.807) is 0 Å². The van der Waals surface area contributed by atoms with E-state index >= 15 is 0 Å². The van der Waals surface area contributed by atoms with E-state index in [2.05, 4.69) is 205 Å². The third kappa shape index (κ3) is 5.51. The number of thiophene rings is 1. The zero-order valence-corrected chi connectivity index (χ0v) is 29.2. The second-order valence-electron chi connectivity index (χ2n) is 13.4. The lowest BCUT2D eigenvalue weighted by molar-refractivity contribution is 1.30. The van der Waals surface area contributed by atoms with Gasteiger partial charge >= 0.3 is 0 Å². The van der Waals surface area contributed by atoms with Crippen molar-refractivity contribution in [2.45, 2.75) is 0 Å². The van der Waals surface area contributed by atoms with E-state index in [-0.39, 0.29) is 0 Å². The van der Waals surface area contributed by atoms with Gasteiger partial charge in [-0.3, -0.25) is 0 Å². The average molecular weight is 680 g/mol. The average Bonchev–Trinajstić information content (AvgIpc) is 3.59. The molecule has 0 fully saturated rings. The van der Waals surface area contributed by atoms with E-state index in [1.807, 2.05) is 11.3 Å². The number of hydrogen-bond donors (Lipinski definition) is 0. The Bertz CT molecular complexity index is 2910. The molecule has 0 aliphatic heterocycles. The van der Waals surface area contributed by atoms with Gasteiger partial charge in [-0.05, 0) is 116 Å². The highest BCUT2D eigenvalue weighted by Gasteiger charge is 2.16. The van der Waals surface area contributed by atoms with Gasteiger partial charge in [0.05, 0.1) is 0 Å². The molecule has 0 saturated carbocycles. The zero-order valence-electron chi connectivity index (χ0n) is 28.4. The lowest BCUT2D eigenvalue weighted by atomic mass is 9.96. The van der Waals surface area contributed by atoms with E-state index in [4.69, 9.17) is 0 Å². The zero-order chi connectivity index (χ0) is 34.4. The van der Waals surface area contributed by atoms with Crippen LogP contribution in [0.3, 0.4) is 0 Å². The maximum absolute atomic E-state index is 2.40. The molecule has 1 heterocycles. The summed E-state index contributed by atoms with van der Waals surface area (Å²) in [6.45, 7) is 0. The highest BCUT2D eigenvalue weighted by atomic mass is 32.1. The van der Waals surface area contributed by atoms with Gasteiger partial charge in [-0.25, -0.2) is 0 Å². The Balaban J connectivity index is 1.05. The smallest absolute Gasteiger partial charge is 0.0476 e. The van der Waals surface area contributed by atoms with Crippen LogP contribution in [0.2, 0.25) is 0 Å². The van der Waals surface area contributed by atoms with E-state index < -0.39 is 0 Å². The number of benzene rings is 9. The van der Waals surface area contributed by atoms with Gasteiger partial charge in [0.1, 0.15) is 0 Å². The van der Waals surface area contributed by atoms with Crippen molar-refractivity contribution in [1.82, 2.24) is 0 Å². The van der Waals surface area contributed by atoms with Gasteiger partial charge in [-0.2, -0.15) is 0 Å². The summed E-state index contributed by atoms with van der Waals surface area (Å²) in [5.74, 6) is 0. The van der Waals surface area contributed by atoms with Crippen molar-refractivity contribution in [3.8, 4) is 33.4 Å². The Morgan fingerprint density at radius 2 is 0.731 bits per heavy atom. The standard InChI is InChI=1S/C50H33NS/c1-3-10-34(11-4-1)36-14-9-15-44(31-36)51(46-26-27-48-47-16-7-8-17-49(47)52-50(48)33-46)45-25-24-42-30-41(22-23-43(42)32-45)40-21-20-38-28-37(18-19-39(38)29-40)35-12-5-2-6-13-35/h1-33H. The summed E-state index contributed by atoms with van der Waals surface area (Å²) in [4.78, 5) is 2.40. The molecule has 0 aliphatic carbocycles. The SMILES string of the molecule is c1ccc(-c2cccc(N(c3ccc4cc(-c5ccc6cc(-c7ccccc7)ccc6c5)ccc4c3)c3ccc4c(c3)sc3ccccc34)c2)cc1. The van der Waals surface area contributed by atoms with Crippen molar-refractivity contribution in [3.05, 3.63) is 200 Å². The quantitative estimate of drug-likeness (QED) is 0.169. The molecule has 244 valence electrons. The highest BCUT2D eigenvalue weighted by Crippen LogP contribution is 2.42. The van der Waals surface area contributed by atoms with Crippen molar-refractivity contribution < 1.29 is 0 Å². The molecular weight excluding hydrogens is 647 g/mol. The fraction of sp³-hybridized carbons (Fsp3) is 0. The minimum Gasteiger partial charge on any atom is -0.310 e. The molecule has 2 heteroatoms. The molecule has 0 radical (unpaired) electrons. The van der Waals surface area contributed by atoms with E-state index in [0.717, 1.165) is 17.1 Å². The van der Waals surface area contributed by atoms with E-state index in [1.165, 1.54) is 75.1 Å². The molecule has 0 unspecified atom stereocenters. The molecule has 9 aromatic carbocycles. The van der Waals surface area contributed by atoms with Crippen LogP contribution in [0, 0.1) is 0 Å². The van der Waals surface area contributed by atoms with Crippen molar-refractivity contribution in [2.75, 3.05) is 4.90 Å². The van der Waals surface area contributed by atoms with Crippen LogP contribution in [-0.4, -0.2) is 0 Å². The molecule has 0 N–H and O–H groups in total. The largest absolute Gasteiger partial charge is 0.310 e. The maximum Gasteiger partial charge on any atom is 0.0476 e. The maximum atomic E-state index is 2.40. The first-order chi connectivity index (χ1) is 25.7. The predicted octanol–water partition coefficient (Wildman–Crippen LogP) is 14.8. The van der Waals surface area contributed by atoms with E-state index in [0.29, 0.717) is 0 Å². The minimum absolute atomic E-state index is 1.13. The number of rotatable bonds is 6. The Morgan fingerprint density at radius 1 is 0.269 bits per heavy atom. The second kappa shape index (κ2) is 12.7. The fourth-order valence-electron chi connectivity index (χ4n) is 7.54. The normalized spacial score (nSPS) is 11.5. The highest BCUT2D eigenvalue weighted by molar-refractivity contribution is 7.25. The van der Waals surface area contributed by atoms with Gasteiger partial charge in [-0.15, -0.1) is 11.3 Å². The number of anilines is 3. The van der Waals surface area contributed by atoms with Crippen molar-refractivity contribution in [3.63, 3.8) is 0 Å². The Hall–Kier alpha value is -6.48. The van der Waals surface area contributed by atoms with Crippen LogP contribution in [0.25, 0.3) is 75.1 Å². The predicted molar refractivity (Wildman–Crippen MR) is 225 cm³/mol. The van der Waals surface area contributed by atoms with Crippen LogP contribution >= 0.6 is 11.3 Å². The molecule has 1 nitrogen and oxygen atoms in total. The first kappa shape index (κ1) is 30.4. The van der Waals surface area contributed by atoms with Crippen LogP contribution in [0.15, 0.2) is 200 Å². The Labute approximate surface area is 307 Å². The first-order valence-electron chi connectivity index (χ1n) is 17.7. The monoisotopic (exact) mass is 679 g/mol. The second-order valence-corrected chi connectivity index (χ2v) is 14.5. The molecule has 0 atom stereocenters. The molecule has 52 heavy (non-hydrogen) atoms. The van der Waals surface area contributed by atoms with Gasteiger partial charge in [0.15, 0.2) is 0 Å².